The summed E-state index contributed by atoms with van der Waals surface area (Å²) in [5, 5.41) is 6.79. The van der Waals surface area contributed by atoms with Gasteiger partial charge >= 0.3 is 0 Å². The number of carbonyl (C=O) groups is 1. The predicted octanol–water partition coefficient (Wildman–Crippen LogP) is 1.49. The molecule has 1 amide bonds. The van der Waals surface area contributed by atoms with Gasteiger partial charge in [0.25, 0.3) is 0 Å². The van der Waals surface area contributed by atoms with Gasteiger partial charge in [0.05, 0.1) is 11.7 Å². The van der Waals surface area contributed by atoms with Gasteiger partial charge in [-0.15, -0.1) is 0 Å². The average Bonchev–Trinajstić information content (AvgIpc) is 2.64. The number of nitrogens with one attached hydrogen (secondary N) is 1. The SMILES string of the molecule is Cc1noc(C)c1C(C)CNC(=O)[C@@H](N)C(C)C. The fourth-order valence-electron chi connectivity index (χ4n) is 1.97. The molecular weight excluding hydrogens is 230 g/mol. The lowest BCUT2D eigenvalue weighted by molar-refractivity contribution is -0.123. The minimum atomic E-state index is -0.457. The van der Waals surface area contributed by atoms with Crippen molar-refractivity contribution in [1.29, 1.82) is 0 Å². The first-order valence-corrected chi connectivity index (χ1v) is 6.30. The van der Waals surface area contributed by atoms with Gasteiger partial charge in [-0.25, -0.2) is 0 Å². The van der Waals surface area contributed by atoms with Crippen LogP contribution in [0.15, 0.2) is 4.52 Å². The molecule has 0 fully saturated rings. The molecule has 3 N–H and O–H groups in total. The van der Waals surface area contributed by atoms with Crippen LogP contribution in [0.4, 0.5) is 0 Å². The van der Waals surface area contributed by atoms with Crippen molar-refractivity contribution in [3.63, 3.8) is 0 Å². The fraction of sp³-hybridized carbons (Fsp3) is 0.692. The normalized spacial score (nSPS) is 14.6. The first kappa shape index (κ1) is 14.7. The second-order valence-corrected chi connectivity index (χ2v) is 5.15. The van der Waals surface area contributed by atoms with Gasteiger partial charge in [-0.05, 0) is 19.8 Å². The second-order valence-electron chi connectivity index (χ2n) is 5.15. The first-order chi connectivity index (χ1) is 8.34. The van der Waals surface area contributed by atoms with Crippen LogP contribution < -0.4 is 11.1 Å². The Labute approximate surface area is 108 Å². The summed E-state index contributed by atoms with van der Waals surface area (Å²) in [5.74, 6) is 1.00. The monoisotopic (exact) mass is 253 g/mol. The van der Waals surface area contributed by atoms with E-state index in [9.17, 15) is 4.79 Å². The van der Waals surface area contributed by atoms with Crippen LogP contribution in [-0.4, -0.2) is 23.7 Å². The molecule has 0 aliphatic heterocycles. The Morgan fingerprint density at radius 2 is 2.00 bits per heavy atom. The van der Waals surface area contributed by atoms with E-state index in [1.54, 1.807) is 0 Å². The van der Waals surface area contributed by atoms with E-state index in [1.807, 2.05) is 34.6 Å². The van der Waals surface area contributed by atoms with Crippen LogP contribution in [0.25, 0.3) is 0 Å². The van der Waals surface area contributed by atoms with Crippen LogP contribution >= 0.6 is 0 Å². The number of nitrogens with two attached hydrogens (primary N) is 1. The van der Waals surface area contributed by atoms with E-state index < -0.39 is 6.04 Å². The second kappa shape index (κ2) is 6.00. The van der Waals surface area contributed by atoms with Crippen LogP contribution in [-0.2, 0) is 4.79 Å². The zero-order valence-electron chi connectivity index (χ0n) is 11.8. The highest BCUT2D eigenvalue weighted by atomic mass is 16.5. The predicted molar refractivity (Wildman–Crippen MR) is 70.2 cm³/mol. The molecule has 1 aromatic rings. The lowest BCUT2D eigenvalue weighted by Crippen LogP contribution is -2.44. The van der Waals surface area contributed by atoms with E-state index in [0.29, 0.717) is 6.54 Å². The average molecular weight is 253 g/mol. The van der Waals surface area contributed by atoms with E-state index in [-0.39, 0.29) is 17.7 Å². The smallest absolute Gasteiger partial charge is 0.237 e. The van der Waals surface area contributed by atoms with Crippen molar-refractivity contribution in [3.8, 4) is 0 Å². The van der Waals surface area contributed by atoms with Crippen LogP contribution in [0.5, 0.6) is 0 Å². The number of aromatic nitrogens is 1. The standard InChI is InChI=1S/C13H23N3O2/c1-7(2)12(14)13(17)15-6-8(3)11-9(4)16-18-10(11)5/h7-8,12H,6,14H2,1-5H3,(H,15,17)/t8?,12-/m0/s1. The molecule has 0 aliphatic carbocycles. The van der Waals surface area contributed by atoms with Crippen molar-refractivity contribution in [2.45, 2.75) is 46.6 Å². The fourth-order valence-corrected chi connectivity index (χ4v) is 1.97. The van der Waals surface area contributed by atoms with Gasteiger partial charge in [-0.2, -0.15) is 0 Å². The molecule has 0 radical (unpaired) electrons. The summed E-state index contributed by atoms with van der Waals surface area (Å²) in [6.45, 7) is 10.2. The van der Waals surface area contributed by atoms with Crippen molar-refractivity contribution >= 4 is 5.91 Å². The van der Waals surface area contributed by atoms with Gasteiger partial charge in [-0.1, -0.05) is 25.9 Å². The third-order valence-electron chi connectivity index (χ3n) is 3.18. The maximum atomic E-state index is 11.8. The van der Waals surface area contributed by atoms with Crippen molar-refractivity contribution in [3.05, 3.63) is 17.0 Å². The molecule has 5 nitrogen and oxygen atoms in total. The number of nitrogens with zero attached hydrogens (tertiary/aromatic N) is 1. The Bertz CT molecular complexity index is 393. The van der Waals surface area contributed by atoms with E-state index in [0.717, 1.165) is 17.0 Å². The largest absolute Gasteiger partial charge is 0.361 e. The van der Waals surface area contributed by atoms with E-state index in [2.05, 4.69) is 10.5 Å². The van der Waals surface area contributed by atoms with Gasteiger partial charge in [0.2, 0.25) is 5.91 Å². The summed E-state index contributed by atoms with van der Waals surface area (Å²) in [6, 6.07) is -0.457. The van der Waals surface area contributed by atoms with Crippen molar-refractivity contribution in [2.75, 3.05) is 6.54 Å². The molecule has 5 heteroatoms. The van der Waals surface area contributed by atoms with E-state index >= 15 is 0 Å². The molecule has 1 aromatic heterocycles. The molecule has 0 aliphatic rings. The molecule has 1 rings (SSSR count). The number of carbonyl (C=O) groups excluding carboxylic acids is 1. The van der Waals surface area contributed by atoms with Crippen LogP contribution in [0, 0.1) is 19.8 Å². The minimum Gasteiger partial charge on any atom is -0.361 e. The summed E-state index contributed by atoms with van der Waals surface area (Å²) < 4.78 is 5.12. The van der Waals surface area contributed by atoms with Crippen LogP contribution in [0.1, 0.15) is 43.7 Å². The van der Waals surface area contributed by atoms with Gasteiger partial charge in [0.1, 0.15) is 5.76 Å². The lowest BCUT2D eigenvalue weighted by Gasteiger charge is -2.17. The zero-order chi connectivity index (χ0) is 13.9. The highest BCUT2D eigenvalue weighted by Crippen LogP contribution is 2.22. The molecule has 0 saturated carbocycles. The maximum absolute atomic E-state index is 11.8. The van der Waals surface area contributed by atoms with Crippen molar-refractivity contribution in [2.24, 2.45) is 11.7 Å². The van der Waals surface area contributed by atoms with Gasteiger partial charge < -0.3 is 15.6 Å². The Morgan fingerprint density at radius 1 is 1.39 bits per heavy atom. The maximum Gasteiger partial charge on any atom is 0.237 e. The van der Waals surface area contributed by atoms with Crippen LogP contribution in [0.3, 0.4) is 0 Å². The highest BCUT2D eigenvalue weighted by molar-refractivity contribution is 5.81. The molecule has 102 valence electrons. The number of amides is 1. The Kier molecular flexibility index (Phi) is 4.90. The molecule has 0 bridgehead atoms. The molecule has 18 heavy (non-hydrogen) atoms. The quantitative estimate of drug-likeness (QED) is 0.833. The third-order valence-corrected chi connectivity index (χ3v) is 3.18. The zero-order valence-corrected chi connectivity index (χ0v) is 11.8. The molecule has 2 atom stereocenters. The number of aryl methyl sites for hydroxylation is 2. The summed E-state index contributed by atoms with van der Waals surface area (Å²) in [4.78, 5) is 11.8. The number of rotatable bonds is 5. The van der Waals surface area contributed by atoms with E-state index in [4.69, 9.17) is 10.3 Å². The third kappa shape index (κ3) is 3.32. The Morgan fingerprint density at radius 3 is 2.44 bits per heavy atom. The summed E-state index contributed by atoms with van der Waals surface area (Å²) in [7, 11) is 0. The van der Waals surface area contributed by atoms with E-state index in [1.165, 1.54) is 0 Å². The Hall–Kier alpha value is -1.36. The topological polar surface area (TPSA) is 81.2 Å². The molecular formula is C13H23N3O2. The van der Waals surface area contributed by atoms with Crippen LogP contribution in [0.2, 0.25) is 0 Å². The highest BCUT2D eigenvalue weighted by Gasteiger charge is 2.20. The molecule has 1 unspecified atom stereocenters. The first-order valence-electron chi connectivity index (χ1n) is 6.30. The minimum absolute atomic E-state index is 0.108. The summed E-state index contributed by atoms with van der Waals surface area (Å²) in [6.07, 6.45) is 0. The van der Waals surface area contributed by atoms with Gasteiger partial charge in [0, 0.05) is 18.0 Å². The molecule has 0 aromatic carbocycles. The van der Waals surface area contributed by atoms with Crippen molar-refractivity contribution in [1.82, 2.24) is 10.5 Å². The molecule has 1 heterocycles. The lowest BCUT2D eigenvalue weighted by atomic mass is 9.99. The van der Waals surface area contributed by atoms with Crippen molar-refractivity contribution < 1.29 is 9.32 Å². The number of hydrogen-bond acceptors (Lipinski definition) is 4. The van der Waals surface area contributed by atoms with Gasteiger partial charge in [0.15, 0.2) is 0 Å². The Balaban J connectivity index is 2.57. The summed E-state index contributed by atoms with van der Waals surface area (Å²) >= 11 is 0. The number of hydrogen-bond donors (Lipinski definition) is 2. The molecule has 0 saturated heterocycles. The summed E-state index contributed by atoms with van der Waals surface area (Å²) in [5.41, 5.74) is 7.72. The van der Waals surface area contributed by atoms with Gasteiger partial charge in [-0.3, -0.25) is 4.79 Å². The molecule has 0 spiro atoms.